The van der Waals surface area contributed by atoms with E-state index >= 15 is 0 Å². The predicted octanol–water partition coefficient (Wildman–Crippen LogP) is 3.78. The summed E-state index contributed by atoms with van der Waals surface area (Å²) in [4.78, 5) is 32.2. The predicted molar refractivity (Wildman–Crippen MR) is 108 cm³/mol. The lowest BCUT2D eigenvalue weighted by Gasteiger charge is -2.11. The molecule has 1 aliphatic carbocycles. The normalized spacial score (nSPS) is 14.6. The number of fused-ring (bicyclic) bond motifs is 1. The number of nitrogens with zero attached hydrogens (tertiary/aromatic N) is 2. The molecule has 0 saturated heterocycles. The lowest BCUT2D eigenvalue weighted by atomic mass is 10.1. The molecule has 0 bridgehead atoms. The maximum atomic E-state index is 12.3. The Morgan fingerprint density at radius 2 is 2.10 bits per heavy atom. The third kappa shape index (κ3) is 4.80. The van der Waals surface area contributed by atoms with Crippen molar-refractivity contribution in [3.63, 3.8) is 0 Å². The summed E-state index contributed by atoms with van der Waals surface area (Å²) in [6, 6.07) is 8.78. The number of ketones is 1. The van der Waals surface area contributed by atoms with Crippen molar-refractivity contribution in [2.24, 2.45) is 5.92 Å². The lowest BCUT2D eigenvalue weighted by molar-refractivity contribution is -0.119. The highest BCUT2D eigenvalue weighted by atomic mass is 16.5. The summed E-state index contributed by atoms with van der Waals surface area (Å²) in [5.41, 5.74) is 2.40. The average Bonchev–Trinajstić information content (AvgIpc) is 3.42. The highest BCUT2D eigenvalue weighted by molar-refractivity contribution is 5.96. The summed E-state index contributed by atoms with van der Waals surface area (Å²) in [7, 11) is 0. The second-order valence-electron chi connectivity index (χ2n) is 7.56. The van der Waals surface area contributed by atoms with Crippen molar-refractivity contribution in [2.75, 3.05) is 6.61 Å². The zero-order chi connectivity index (χ0) is 20.4. The van der Waals surface area contributed by atoms with E-state index in [-0.39, 0.29) is 24.2 Å². The first-order chi connectivity index (χ1) is 14.0. The molecule has 1 fully saturated rings. The molecule has 1 unspecified atom stereocenters. The number of Topliss-reactive ketones (excluding diaryl/α,β-unsaturated/α-hetero) is 1. The fourth-order valence-electron chi connectivity index (χ4n) is 3.08. The lowest BCUT2D eigenvalue weighted by Crippen LogP contribution is -2.32. The minimum Gasteiger partial charge on any atom is -0.493 e. The SMILES string of the molecule is CC(=O)NC(C)CC(=O)c1ccc(-c2nc3ccc(OCC4CC4)cc3o2)nc1. The summed E-state index contributed by atoms with van der Waals surface area (Å²) < 4.78 is 11.6. The molecule has 1 N–H and O–H groups in total. The van der Waals surface area contributed by atoms with Gasteiger partial charge in [-0.3, -0.25) is 14.6 Å². The van der Waals surface area contributed by atoms with Crippen LogP contribution >= 0.6 is 0 Å². The summed E-state index contributed by atoms with van der Waals surface area (Å²) in [5, 5.41) is 2.70. The maximum Gasteiger partial charge on any atom is 0.246 e. The number of rotatable bonds is 8. The number of carbonyl (C=O) groups is 2. The first-order valence-electron chi connectivity index (χ1n) is 9.78. The van der Waals surface area contributed by atoms with E-state index in [4.69, 9.17) is 9.15 Å². The van der Waals surface area contributed by atoms with Gasteiger partial charge in [0.15, 0.2) is 11.4 Å². The van der Waals surface area contributed by atoms with Crippen molar-refractivity contribution in [1.29, 1.82) is 0 Å². The smallest absolute Gasteiger partial charge is 0.246 e. The van der Waals surface area contributed by atoms with Crippen LogP contribution in [0.2, 0.25) is 0 Å². The number of benzene rings is 1. The Balaban J connectivity index is 1.45. The fourth-order valence-corrected chi connectivity index (χ4v) is 3.08. The fraction of sp³-hybridized carbons (Fsp3) is 0.364. The quantitative estimate of drug-likeness (QED) is 0.586. The number of nitrogens with one attached hydrogen (secondary N) is 1. The van der Waals surface area contributed by atoms with E-state index in [1.807, 2.05) is 18.2 Å². The van der Waals surface area contributed by atoms with Gasteiger partial charge in [-0.15, -0.1) is 0 Å². The molecule has 1 aliphatic rings. The standard InChI is InChI=1S/C22H23N3O4/c1-13(24-14(2)26)9-20(27)16-5-7-19(23-11-16)22-25-18-8-6-17(10-21(18)29-22)28-12-15-3-4-15/h5-8,10-11,13,15H,3-4,9,12H2,1-2H3,(H,24,26). The minimum absolute atomic E-state index is 0.0830. The van der Waals surface area contributed by atoms with Gasteiger partial charge in [0.1, 0.15) is 17.0 Å². The topological polar surface area (TPSA) is 94.3 Å². The van der Waals surface area contributed by atoms with Crippen molar-refractivity contribution >= 4 is 22.8 Å². The van der Waals surface area contributed by atoms with Crippen molar-refractivity contribution in [2.45, 2.75) is 39.2 Å². The van der Waals surface area contributed by atoms with Gasteiger partial charge in [0.25, 0.3) is 0 Å². The summed E-state index contributed by atoms with van der Waals surface area (Å²) >= 11 is 0. The van der Waals surface area contributed by atoms with Crippen LogP contribution < -0.4 is 10.1 Å². The molecule has 2 heterocycles. The van der Waals surface area contributed by atoms with Gasteiger partial charge in [0.2, 0.25) is 11.8 Å². The third-order valence-corrected chi connectivity index (χ3v) is 4.79. The molecule has 0 aliphatic heterocycles. The monoisotopic (exact) mass is 393 g/mol. The van der Waals surface area contributed by atoms with Crippen LogP contribution in [0, 0.1) is 5.92 Å². The molecule has 4 rings (SSSR count). The Morgan fingerprint density at radius 3 is 2.79 bits per heavy atom. The van der Waals surface area contributed by atoms with Gasteiger partial charge in [-0.2, -0.15) is 0 Å². The van der Waals surface area contributed by atoms with Crippen molar-refractivity contribution < 1.29 is 18.7 Å². The van der Waals surface area contributed by atoms with E-state index in [2.05, 4.69) is 15.3 Å². The third-order valence-electron chi connectivity index (χ3n) is 4.79. The summed E-state index contributed by atoms with van der Waals surface area (Å²) in [5.74, 6) is 1.61. The molecule has 1 amide bonds. The Labute approximate surface area is 168 Å². The summed E-state index contributed by atoms with van der Waals surface area (Å²) in [6.45, 7) is 3.96. The van der Waals surface area contributed by atoms with E-state index in [9.17, 15) is 9.59 Å². The molecule has 2 aromatic heterocycles. The van der Waals surface area contributed by atoms with Crippen LogP contribution in [-0.2, 0) is 4.79 Å². The average molecular weight is 393 g/mol. The number of ether oxygens (including phenoxy) is 1. The van der Waals surface area contributed by atoms with Gasteiger partial charge in [-0.25, -0.2) is 4.98 Å². The van der Waals surface area contributed by atoms with Gasteiger partial charge in [0.05, 0.1) is 6.61 Å². The molecular weight excluding hydrogens is 370 g/mol. The van der Waals surface area contributed by atoms with E-state index < -0.39 is 0 Å². The molecule has 0 radical (unpaired) electrons. The largest absolute Gasteiger partial charge is 0.493 e. The van der Waals surface area contributed by atoms with Crippen molar-refractivity contribution in [3.8, 4) is 17.3 Å². The molecule has 29 heavy (non-hydrogen) atoms. The molecule has 3 aromatic rings. The van der Waals surface area contributed by atoms with Gasteiger partial charge in [0, 0.05) is 37.2 Å². The van der Waals surface area contributed by atoms with Crippen LogP contribution in [0.5, 0.6) is 5.75 Å². The molecule has 7 heteroatoms. The van der Waals surface area contributed by atoms with Crippen LogP contribution in [0.15, 0.2) is 40.9 Å². The van der Waals surface area contributed by atoms with Crippen molar-refractivity contribution in [1.82, 2.24) is 15.3 Å². The van der Waals surface area contributed by atoms with E-state index in [0.717, 1.165) is 17.9 Å². The molecule has 150 valence electrons. The number of amides is 1. The van der Waals surface area contributed by atoms with E-state index in [0.29, 0.717) is 28.6 Å². The zero-order valence-corrected chi connectivity index (χ0v) is 16.5. The molecule has 1 saturated carbocycles. The Kier molecular flexibility index (Phi) is 5.29. The van der Waals surface area contributed by atoms with Crippen LogP contribution in [0.3, 0.4) is 0 Å². The Hall–Kier alpha value is -3.22. The highest BCUT2D eigenvalue weighted by Gasteiger charge is 2.22. The number of hydrogen-bond donors (Lipinski definition) is 1. The number of oxazole rings is 1. The molecule has 1 atom stereocenters. The number of hydrogen-bond acceptors (Lipinski definition) is 6. The van der Waals surface area contributed by atoms with Gasteiger partial charge in [-0.05, 0) is 49.9 Å². The summed E-state index contributed by atoms with van der Waals surface area (Å²) in [6.07, 6.45) is 4.21. The van der Waals surface area contributed by atoms with E-state index in [1.54, 1.807) is 19.1 Å². The maximum absolute atomic E-state index is 12.3. The van der Waals surface area contributed by atoms with Crippen molar-refractivity contribution in [3.05, 3.63) is 42.1 Å². The Bertz CT molecular complexity index is 1040. The first-order valence-corrected chi connectivity index (χ1v) is 9.78. The van der Waals surface area contributed by atoms with Crippen LogP contribution in [0.1, 0.15) is 43.5 Å². The molecule has 0 spiro atoms. The van der Waals surface area contributed by atoms with Gasteiger partial charge >= 0.3 is 0 Å². The molecule has 7 nitrogen and oxygen atoms in total. The number of aromatic nitrogens is 2. The molecular formula is C22H23N3O4. The van der Waals surface area contributed by atoms with Crippen LogP contribution in [0.25, 0.3) is 22.7 Å². The van der Waals surface area contributed by atoms with Gasteiger partial charge < -0.3 is 14.5 Å². The first kappa shape index (κ1) is 19.1. The highest BCUT2D eigenvalue weighted by Crippen LogP contribution is 2.31. The second-order valence-corrected chi connectivity index (χ2v) is 7.56. The van der Waals surface area contributed by atoms with E-state index in [1.165, 1.54) is 26.0 Å². The Morgan fingerprint density at radius 1 is 1.28 bits per heavy atom. The van der Waals surface area contributed by atoms with Crippen LogP contribution in [-0.4, -0.2) is 34.3 Å². The second kappa shape index (κ2) is 8.03. The zero-order valence-electron chi connectivity index (χ0n) is 16.5. The minimum atomic E-state index is -0.229. The van der Waals surface area contributed by atoms with Crippen LogP contribution in [0.4, 0.5) is 0 Å². The molecule has 1 aromatic carbocycles. The number of pyridine rings is 1. The number of carbonyl (C=O) groups excluding carboxylic acids is 2. The van der Waals surface area contributed by atoms with Gasteiger partial charge in [-0.1, -0.05) is 0 Å².